The van der Waals surface area contributed by atoms with Crippen LogP contribution in [0.25, 0.3) is 0 Å². The second kappa shape index (κ2) is 7.36. The number of rotatable bonds is 5. The van der Waals surface area contributed by atoms with Crippen LogP contribution in [-0.4, -0.2) is 24.2 Å². The molecule has 20 heavy (non-hydrogen) atoms. The van der Waals surface area contributed by atoms with Gasteiger partial charge in [-0.2, -0.15) is 24.9 Å². The number of alkyl halides is 3. The van der Waals surface area contributed by atoms with E-state index in [1.54, 1.807) is 24.3 Å². The monoisotopic (exact) mass is 303 g/mol. The van der Waals surface area contributed by atoms with E-state index in [0.717, 1.165) is 29.9 Å². The molecule has 0 saturated carbocycles. The third-order valence-corrected chi connectivity index (χ3v) is 4.68. The molecule has 1 fully saturated rings. The highest BCUT2D eigenvalue weighted by molar-refractivity contribution is 7.99. The van der Waals surface area contributed by atoms with E-state index in [1.807, 2.05) is 17.8 Å². The second-order valence-corrected chi connectivity index (χ2v) is 6.47. The highest BCUT2D eigenvalue weighted by Gasteiger charge is 2.32. The summed E-state index contributed by atoms with van der Waals surface area (Å²) in [6.45, 7) is 0.677. The van der Waals surface area contributed by atoms with Crippen LogP contribution in [0.3, 0.4) is 0 Å². The first kappa shape index (κ1) is 15.7. The molecule has 0 bridgehead atoms. The van der Waals surface area contributed by atoms with E-state index in [9.17, 15) is 13.2 Å². The summed E-state index contributed by atoms with van der Waals surface area (Å²) in [5.74, 6) is 2.76. The summed E-state index contributed by atoms with van der Waals surface area (Å²) in [5, 5.41) is 3.13. The van der Waals surface area contributed by atoms with Gasteiger partial charge in [-0.3, -0.25) is 0 Å². The predicted octanol–water partition coefficient (Wildman–Crippen LogP) is 4.41. The van der Waals surface area contributed by atoms with E-state index >= 15 is 0 Å². The summed E-state index contributed by atoms with van der Waals surface area (Å²) < 4.78 is 38.1. The number of thioether (sulfide) groups is 1. The van der Waals surface area contributed by atoms with Gasteiger partial charge in [0.2, 0.25) is 0 Å². The Hall–Kier alpha value is -0.680. The number of hydrogen-bond donors (Lipinski definition) is 1. The molecule has 1 N–H and O–H groups in total. The molecule has 1 aliphatic rings. The average molecular weight is 303 g/mol. The average Bonchev–Trinajstić information content (AvgIpc) is 2.44. The zero-order chi connectivity index (χ0) is 14.4. The highest BCUT2D eigenvalue weighted by Crippen LogP contribution is 2.30. The molecule has 1 nitrogen and oxygen atoms in total. The van der Waals surface area contributed by atoms with Gasteiger partial charge in [0.1, 0.15) is 0 Å². The van der Waals surface area contributed by atoms with E-state index in [-0.39, 0.29) is 0 Å². The van der Waals surface area contributed by atoms with Gasteiger partial charge < -0.3 is 5.32 Å². The van der Waals surface area contributed by atoms with E-state index in [2.05, 4.69) is 5.32 Å². The first-order valence-electron chi connectivity index (χ1n) is 6.97. The maximum absolute atomic E-state index is 12.7. The van der Waals surface area contributed by atoms with Gasteiger partial charge in [-0.1, -0.05) is 30.3 Å². The summed E-state index contributed by atoms with van der Waals surface area (Å²) >= 11 is 1.93. The largest absolute Gasteiger partial charge is 0.390 e. The van der Waals surface area contributed by atoms with Crippen LogP contribution < -0.4 is 5.32 Å². The Morgan fingerprint density at radius 2 is 1.80 bits per heavy atom. The van der Waals surface area contributed by atoms with E-state index < -0.39 is 18.6 Å². The number of nitrogens with one attached hydrogen (secondary N) is 1. The molecule has 112 valence electrons. The standard InChI is InChI=1S/C15H20F3NS/c16-15(17,18)10-14(13-4-2-1-3-5-13)19-11-12-6-8-20-9-7-12/h1-5,12,14,19H,6-11H2. The first-order chi connectivity index (χ1) is 9.54. The third kappa shape index (κ3) is 5.37. The molecule has 1 aromatic rings. The highest BCUT2D eigenvalue weighted by atomic mass is 32.2. The number of hydrogen-bond acceptors (Lipinski definition) is 2. The molecule has 1 unspecified atom stereocenters. The molecule has 0 aliphatic carbocycles. The molecular weight excluding hydrogens is 283 g/mol. The minimum absolute atomic E-state index is 0.510. The van der Waals surface area contributed by atoms with Crippen molar-refractivity contribution in [1.82, 2.24) is 5.32 Å². The van der Waals surface area contributed by atoms with Gasteiger partial charge in [0.05, 0.1) is 6.42 Å². The van der Waals surface area contributed by atoms with Gasteiger partial charge in [0.15, 0.2) is 0 Å². The summed E-state index contributed by atoms with van der Waals surface area (Å²) in [5.41, 5.74) is 0.718. The minimum atomic E-state index is -4.14. The van der Waals surface area contributed by atoms with E-state index in [1.165, 1.54) is 0 Å². The van der Waals surface area contributed by atoms with Gasteiger partial charge in [-0.25, -0.2) is 0 Å². The smallest absolute Gasteiger partial charge is 0.309 e. The predicted molar refractivity (Wildman–Crippen MR) is 77.9 cm³/mol. The number of benzene rings is 1. The van der Waals surface area contributed by atoms with Crippen LogP contribution in [-0.2, 0) is 0 Å². The van der Waals surface area contributed by atoms with Crippen molar-refractivity contribution >= 4 is 11.8 Å². The third-order valence-electron chi connectivity index (χ3n) is 3.63. The van der Waals surface area contributed by atoms with Crippen molar-refractivity contribution < 1.29 is 13.2 Å². The quantitative estimate of drug-likeness (QED) is 0.864. The van der Waals surface area contributed by atoms with Gasteiger partial charge >= 0.3 is 6.18 Å². The zero-order valence-corrected chi connectivity index (χ0v) is 12.1. The molecule has 0 spiro atoms. The van der Waals surface area contributed by atoms with Gasteiger partial charge in [-0.05, 0) is 42.4 Å². The van der Waals surface area contributed by atoms with E-state index in [4.69, 9.17) is 0 Å². The maximum Gasteiger partial charge on any atom is 0.390 e. The lowest BCUT2D eigenvalue weighted by molar-refractivity contribution is -0.140. The summed E-state index contributed by atoms with van der Waals surface area (Å²) in [6, 6.07) is 8.30. The molecule has 2 rings (SSSR count). The zero-order valence-electron chi connectivity index (χ0n) is 11.3. The lowest BCUT2D eigenvalue weighted by Gasteiger charge is -2.26. The fraction of sp³-hybridized carbons (Fsp3) is 0.600. The number of halogens is 3. The van der Waals surface area contributed by atoms with E-state index in [0.29, 0.717) is 12.5 Å². The molecule has 0 aromatic heterocycles. The lowest BCUT2D eigenvalue weighted by Crippen LogP contribution is -2.32. The fourth-order valence-corrected chi connectivity index (χ4v) is 3.69. The normalized spacial score (nSPS) is 18.9. The van der Waals surface area contributed by atoms with Crippen LogP contribution in [0.4, 0.5) is 13.2 Å². The van der Waals surface area contributed by atoms with Crippen molar-refractivity contribution in [2.24, 2.45) is 5.92 Å². The maximum atomic E-state index is 12.7. The lowest BCUT2D eigenvalue weighted by atomic mass is 9.99. The second-order valence-electron chi connectivity index (χ2n) is 5.25. The molecule has 1 atom stereocenters. The Balaban J connectivity index is 1.95. The Bertz CT molecular complexity index is 388. The van der Waals surface area contributed by atoms with Gasteiger partial charge in [-0.15, -0.1) is 0 Å². The van der Waals surface area contributed by atoms with Crippen molar-refractivity contribution in [3.8, 4) is 0 Å². The van der Waals surface area contributed by atoms with Crippen molar-refractivity contribution in [2.75, 3.05) is 18.1 Å². The van der Waals surface area contributed by atoms with Crippen LogP contribution in [0.2, 0.25) is 0 Å². The van der Waals surface area contributed by atoms with Crippen molar-refractivity contribution in [1.29, 1.82) is 0 Å². The molecule has 0 amide bonds. The van der Waals surface area contributed by atoms with Crippen molar-refractivity contribution in [3.05, 3.63) is 35.9 Å². The first-order valence-corrected chi connectivity index (χ1v) is 8.13. The molecular formula is C15H20F3NS. The van der Waals surface area contributed by atoms with Gasteiger partial charge in [0, 0.05) is 6.04 Å². The van der Waals surface area contributed by atoms with Crippen molar-refractivity contribution in [3.63, 3.8) is 0 Å². The minimum Gasteiger partial charge on any atom is -0.309 e. The van der Waals surface area contributed by atoms with Crippen LogP contribution >= 0.6 is 11.8 Å². The molecule has 1 heterocycles. The molecule has 0 radical (unpaired) electrons. The summed E-state index contributed by atoms with van der Waals surface area (Å²) in [4.78, 5) is 0. The Morgan fingerprint density at radius 3 is 2.40 bits per heavy atom. The van der Waals surface area contributed by atoms with Crippen LogP contribution in [0.1, 0.15) is 30.9 Å². The van der Waals surface area contributed by atoms with Gasteiger partial charge in [0.25, 0.3) is 0 Å². The summed E-state index contributed by atoms with van der Waals surface area (Å²) in [7, 11) is 0. The topological polar surface area (TPSA) is 12.0 Å². The van der Waals surface area contributed by atoms with Crippen LogP contribution in [0.5, 0.6) is 0 Å². The Labute approximate surface area is 122 Å². The van der Waals surface area contributed by atoms with Crippen LogP contribution in [0.15, 0.2) is 30.3 Å². The SMILES string of the molecule is FC(F)(F)CC(NCC1CCSCC1)c1ccccc1. The van der Waals surface area contributed by atoms with Crippen molar-refractivity contribution in [2.45, 2.75) is 31.5 Å². The van der Waals surface area contributed by atoms with Crippen LogP contribution in [0, 0.1) is 5.92 Å². The molecule has 5 heteroatoms. The molecule has 1 aromatic carbocycles. The molecule has 1 aliphatic heterocycles. The molecule has 1 saturated heterocycles. The Kier molecular flexibility index (Phi) is 5.78. The fourth-order valence-electron chi connectivity index (χ4n) is 2.48. The summed E-state index contributed by atoms with van der Waals surface area (Å²) in [6.07, 6.45) is -2.75. The Morgan fingerprint density at radius 1 is 1.15 bits per heavy atom.